The largest absolute Gasteiger partial charge is 0.456 e. The van der Waals surface area contributed by atoms with Gasteiger partial charge in [-0.2, -0.15) is 5.26 Å². The quantitative estimate of drug-likeness (QED) is 0.869. The Morgan fingerprint density at radius 1 is 1.33 bits per heavy atom. The van der Waals surface area contributed by atoms with Gasteiger partial charge in [0.1, 0.15) is 23.3 Å². The molecular weight excluding hydrogens is 268 g/mol. The molecule has 1 heterocycles. The van der Waals surface area contributed by atoms with Crippen LogP contribution in [0, 0.1) is 11.3 Å². The number of nitrogens with two attached hydrogens (primary N) is 1. The lowest BCUT2D eigenvalue weighted by molar-refractivity contribution is 0.0821. The molecule has 0 aliphatic heterocycles. The van der Waals surface area contributed by atoms with Crippen molar-refractivity contribution in [3.8, 4) is 17.6 Å². The third kappa shape index (κ3) is 3.28. The number of rotatable bonds is 3. The van der Waals surface area contributed by atoms with Gasteiger partial charge in [-0.3, -0.25) is 9.78 Å². The Hall–Kier alpha value is -3.07. The summed E-state index contributed by atoms with van der Waals surface area (Å²) in [6.07, 6.45) is 1.48. The smallest absolute Gasteiger partial charge is 0.272 e. The first-order valence-corrected chi connectivity index (χ1v) is 6.16. The zero-order valence-corrected chi connectivity index (χ0v) is 11.7. The molecule has 0 fully saturated rings. The van der Waals surface area contributed by atoms with Crippen LogP contribution < -0.4 is 10.5 Å². The van der Waals surface area contributed by atoms with Gasteiger partial charge < -0.3 is 15.4 Å². The first-order valence-electron chi connectivity index (χ1n) is 6.16. The Balaban J connectivity index is 2.31. The maximum Gasteiger partial charge on any atom is 0.272 e. The van der Waals surface area contributed by atoms with Gasteiger partial charge in [-0.25, -0.2) is 0 Å². The van der Waals surface area contributed by atoms with Crippen molar-refractivity contribution in [1.29, 1.82) is 5.26 Å². The molecule has 1 aromatic heterocycles. The number of ether oxygens (including phenoxy) is 1. The first-order chi connectivity index (χ1) is 10.0. The zero-order valence-electron chi connectivity index (χ0n) is 11.7. The van der Waals surface area contributed by atoms with Gasteiger partial charge in [0, 0.05) is 32.0 Å². The third-order valence-electron chi connectivity index (χ3n) is 2.71. The van der Waals surface area contributed by atoms with E-state index < -0.39 is 0 Å². The standard InChI is InChI=1S/C15H14N4O2/c1-19(2)15(20)13-8-12(5-6-18-13)21-14-4-3-11(17)7-10(14)9-16/h3-8H,17H2,1-2H3. The summed E-state index contributed by atoms with van der Waals surface area (Å²) in [5.74, 6) is 0.580. The summed E-state index contributed by atoms with van der Waals surface area (Å²) in [6, 6.07) is 9.94. The topological polar surface area (TPSA) is 92.2 Å². The maximum atomic E-state index is 11.9. The Morgan fingerprint density at radius 3 is 2.76 bits per heavy atom. The number of carbonyl (C=O) groups excluding carboxylic acids is 1. The zero-order chi connectivity index (χ0) is 15.4. The lowest BCUT2D eigenvalue weighted by atomic mass is 10.2. The molecule has 106 valence electrons. The summed E-state index contributed by atoms with van der Waals surface area (Å²) < 4.78 is 5.64. The minimum atomic E-state index is -0.224. The normalized spacial score (nSPS) is 9.76. The van der Waals surface area contributed by atoms with E-state index in [4.69, 9.17) is 15.7 Å². The lowest BCUT2D eigenvalue weighted by Gasteiger charge is -2.11. The van der Waals surface area contributed by atoms with E-state index in [2.05, 4.69) is 4.98 Å². The molecule has 0 aliphatic rings. The molecule has 2 rings (SSSR count). The van der Waals surface area contributed by atoms with E-state index in [1.807, 2.05) is 6.07 Å². The van der Waals surface area contributed by atoms with Crippen molar-refractivity contribution in [3.05, 3.63) is 47.8 Å². The summed E-state index contributed by atoms with van der Waals surface area (Å²) in [5, 5.41) is 9.08. The van der Waals surface area contributed by atoms with Crippen LogP contribution in [0.2, 0.25) is 0 Å². The van der Waals surface area contributed by atoms with Gasteiger partial charge in [0.05, 0.1) is 5.56 Å². The molecule has 1 aromatic carbocycles. The number of nitrogens with zero attached hydrogens (tertiary/aromatic N) is 3. The van der Waals surface area contributed by atoms with E-state index in [-0.39, 0.29) is 11.6 Å². The Kier molecular flexibility index (Phi) is 4.05. The summed E-state index contributed by atoms with van der Waals surface area (Å²) in [6.45, 7) is 0. The molecule has 0 saturated heterocycles. The second-order valence-corrected chi connectivity index (χ2v) is 4.55. The molecular formula is C15H14N4O2. The van der Waals surface area contributed by atoms with Gasteiger partial charge >= 0.3 is 0 Å². The number of carbonyl (C=O) groups is 1. The van der Waals surface area contributed by atoms with Gasteiger partial charge in [0.25, 0.3) is 5.91 Å². The monoisotopic (exact) mass is 282 g/mol. The molecule has 2 aromatic rings. The number of nitriles is 1. The van der Waals surface area contributed by atoms with Crippen molar-refractivity contribution < 1.29 is 9.53 Å². The summed E-state index contributed by atoms with van der Waals surface area (Å²) >= 11 is 0. The van der Waals surface area contributed by atoms with Crippen molar-refractivity contribution in [2.75, 3.05) is 19.8 Å². The van der Waals surface area contributed by atoms with Crippen LogP contribution in [0.4, 0.5) is 5.69 Å². The fourth-order valence-corrected chi connectivity index (χ4v) is 1.67. The molecule has 21 heavy (non-hydrogen) atoms. The molecule has 6 nitrogen and oxygen atoms in total. The van der Waals surface area contributed by atoms with E-state index in [1.165, 1.54) is 23.2 Å². The van der Waals surface area contributed by atoms with Crippen molar-refractivity contribution in [2.45, 2.75) is 0 Å². The number of benzene rings is 1. The van der Waals surface area contributed by atoms with E-state index in [9.17, 15) is 4.79 Å². The molecule has 0 saturated carbocycles. The number of pyridine rings is 1. The van der Waals surface area contributed by atoms with Gasteiger partial charge in [-0.05, 0) is 24.3 Å². The molecule has 0 unspecified atom stereocenters. The van der Waals surface area contributed by atoms with Crippen LogP contribution >= 0.6 is 0 Å². The fraction of sp³-hybridized carbons (Fsp3) is 0.133. The van der Waals surface area contributed by atoms with Gasteiger partial charge in [-0.15, -0.1) is 0 Å². The highest BCUT2D eigenvalue weighted by Gasteiger charge is 2.12. The van der Waals surface area contributed by atoms with Gasteiger partial charge in [0.2, 0.25) is 0 Å². The lowest BCUT2D eigenvalue weighted by Crippen LogP contribution is -2.22. The van der Waals surface area contributed by atoms with Gasteiger partial charge in [-0.1, -0.05) is 0 Å². The third-order valence-corrected chi connectivity index (χ3v) is 2.71. The number of hydrogen-bond acceptors (Lipinski definition) is 5. The average Bonchev–Trinajstić information content (AvgIpc) is 2.48. The van der Waals surface area contributed by atoms with Crippen LogP contribution in [0.1, 0.15) is 16.1 Å². The second kappa shape index (κ2) is 5.92. The van der Waals surface area contributed by atoms with Crippen molar-refractivity contribution in [2.24, 2.45) is 0 Å². The predicted octanol–water partition coefficient (Wildman–Crippen LogP) is 2.03. The van der Waals surface area contributed by atoms with Gasteiger partial charge in [0.15, 0.2) is 0 Å². The van der Waals surface area contributed by atoms with Crippen LogP contribution in [-0.4, -0.2) is 29.9 Å². The Morgan fingerprint density at radius 2 is 2.10 bits per heavy atom. The molecule has 0 bridgehead atoms. The molecule has 2 N–H and O–H groups in total. The molecule has 6 heteroatoms. The number of anilines is 1. The SMILES string of the molecule is CN(C)C(=O)c1cc(Oc2ccc(N)cc2C#N)ccn1. The maximum absolute atomic E-state index is 11.9. The Labute approximate surface area is 122 Å². The Bertz CT molecular complexity index is 720. The molecule has 1 amide bonds. The minimum Gasteiger partial charge on any atom is -0.456 e. The summed E-state index contributed by atoms with van der Waals surface area (Å²) in [4.78, 5) is 17.3. The van der Waals surface area contributed by atoms with Crippen LogP contribution in [0.5, 0.6) is 11.5 Å². The van der Waals surface area contributed by atoms with Crippen molar-refractivity contribution >= 4 is 11.6 Å². The molecule has 0 spiro atoms. The molecule has 0 radical (unpaired) electrons. The number of hydrogen-bond donors (Lipinski definition) is 1. The molecule has 0 atom stereocenters. The highest BCUT2D eigenvalue weighted by molar-refractivity contribution is 5.92. The van der Waals surface area contributed by atoms with E-state index in [0.29, 0.717) is 22.7 Å². The van der Waals surface area contributed by atoms with E-state index in [1.54, 1.807) is 32.3 Å². The van der Waals surface area contributed by atoms with Crippen LogP contribution in [0.15, 0.2) is 36.5 Å². The van der Waals surface area contributed by atoms with Crippen LogP contribution in [0.25, 0.3) is 0 Å². The number of amides is 1. The number of nitrogen functional groups attached to an aromatic ring is 1. The molecule has 0 aliphatic carbocycles. The number of aromatic nitrogens is 1. The predicted molar refractivity (Wildman–Crippen MR) is 77.9 cm³/mol. The first kappa shape index (κ1) is 14.3. The van der Waals surface area contributed by atoms with E-state index in [0.717, 1.165) is 0 Å². The average molecular weight is 282 g/mol. The summed E-state index contributed by atoms with van der Waals surface area (Å²) in [5.41, 5.74) is 6.71. The summed E-state index contributed by atoms with van der Waals surface area (Å²) in [7, 11) is 3.29. The highest BCUT2D eigenvalue weighted by Crippen LogP contribution is 2.26. The van der Waals surface area contributed by atoms with Crippen molar-refractivity contribution in [1.82, 2.24) is 9.88 Å². The second-order valence-electron chi connectivity index (χ2n) is 4.55. The van der Waals surface area contributed by atoms with E-state index >= 15 is 0 Å². The van der Waals surface area contributed by atoms with Crippen molar-refractivity contribution in [3.63, 3.8) is 0 Å². The fourth-order valence-electron chi connectivity index (χ4n) is 1.67. The highest BCUT2D eigenvalue weighted by atomic mass is 16.5. The minimum absolute atomic E-state index is 0.224. The van der Waals surface area contributed by atoms with Crippen LogP contribution in [0.3, 0.4) is 0 Å². The van der Waals surface area contributed by atoms with Crippen LogP contribution in [-0.2, 0) is 0 Å².